The van der Waals surface area contributed by atoms with Crippen molar-refractivity contribution in [3.05, 3.63) is 80.6 Å². The normalized spacial score (nSPS) is 15.0. The molecule has 4 aromatic heterocycles. The highest BCUT2D eigenvalue weighted by atomic mass is 32.1. The van der Waals surface area contributed by atoms with Gasteiger partial charge < -0.3 is 40.1 Å². The van der Waals surface area contributed by atoms with Crippen LogP contribution in [0.1, 0.15) is 70.6 Å². The second kappa shape index (κ2) is 18.2. The number of amides is 4. The number of primary amides is 2. The maximum Gasteiger partial charge on any atom is 0.276 e. The van der Waals surface area contributed by atoms with E-state index in [4.69, 9.17) is 35.6 Å². The quantitative estimate of drug-likeness (QED) is 0.0651. The SMILES string of the molecule is CCn1nc(C)cc1C(=O)Nc1nc2cc(C(N)=O)cc(OC)c2n1C/C=C/Cn1c(NC(=O)c2sc(C)nc2C)nc2cc(C(N)=O)cc(OCCCN3CC4(CNCCO4)C3)c21. The van der Waals surface area contributed by atoms with Crippen molar-refractivity contribution in [3.8, 4) is 11.5 Å². The number of nitrogens with two attached hydrogens (primary N) is 2. The Morgan fingerprint density at radius 2 is 1.52 bits per heavy atom. The highest BCUT2D eigenvalue weighted by molar-refractivity contribution is 7.13. The van der Waals surface area contributed by atoms with Crippen LogP contribution in [-0.2, 0) is 24.4 Å². The maximum atomic E-state index is 13.7. The number of carbonyl (C=O) groups is 4. The van der Waals surface area contributed by atoms with Crippen LogP contribution in [0.3, 0.4) is 0 Å². The van der Waals surface area contributed by atoms with Crippen molar-refractivity contribution in [2.45, 2.75) is 59.4 Å². The summed E-state index contributed by atoms with van der Waals surface area (Å²) in [4.78, 5) is 68.9. The third-order valence-corrected chi connectivity index (χ3v) is 12.2. The first-order valence-electron chi connectivity index (χ1n) is 20.9. The van der Waals surface area contributed by atoms with E-state index in [1.54, 1.807) is 51.9 Å². The van der Waals surface area contributed by atoms with E-state index in [1.165, 1.54) is 24.5 Å². The Balaban J connectivity index is 1.11. The molecule has 64 heavy (non-hydrogen) atoms. The topological polar surface area (TPSA) is 254 Å². The molecule has 0 aliphatic carbocycles. The number of hydrogen-bond donors (Lipinski definition) is 5. The molecular weight excluding hydrogens is 843 g/mol. The van der Waals surface area contributed by atoms with Crippen LogP contribution in [0.2, 0.25) is 0 Å². The lowest BCUT2D eigenvalue weighted by Crippen LogP contribution is -2.69. The van der Waals surface area contributed by atoms with Gasteiger partial charge in [0.1, 0.15) is 38.7 Å². The number of hydrogen-bond acceptors (Lipinski definition) is 14. The molecule has 336 valence electrons. The fraction of sp³-hybridized carbons (Fsp3) is 0.395. The lowest BCUT2D eigenvalue weighted by atomic mass is 9.92. The number of morpholine rings is 1. The van der Waals surface area contributed by atoms with Crippen molar-refractivity contribution in [2.24, 2.45) is 11.5 Å². The van der Waals surface area contributed by atoms with E-state index in [1.807, 2.05) is 26.0 Å². The molecule has 1 spiro atoms. The molecule has 4 amide bonds. The van der Waals surface area contributed by atoms with Crippen LogP contribution in [0, 0.1) is 20.8 Å². The molecule has 21 heteroatoms. The number of likely N-dealkylation sites (tertiary alicyclic amines) is 1. The number of rotatable bonds is 17. The summed E-state index contributed by atoms with van der Waals surface area (Å²) in [6, 6.07) is 7.93. The van der Waals surface area contributed by atoms with Crippen LogP contribution in [0.4, 0.5) is 11.9 Å². The summed E-state index contributed by atoms with van der Waals surface area (Å²) in [6.07, 6.45) is 4.43. The Kier molecular flexibility index (Phi) is 12.5. The van der Waals surface area contributed by atoms with Crippen LogP contribution in [0.25, 0.3) is 22.1 Å². The monoisotopic (exact) mass is 893 g/mol. The molecule has 2 aliphatic heterocycles. The first-order chi connectivity index (χ1) is 30.8. The van der Waals surface area contributed by atoms with Gasteiger partial charge in [0.25, 0.3) is 11.8 Å². The Labute approximate surface area is 371 Å². The molecule has 20 nitrogen and oxygen atoms in total. The number of ether oxygens (including phenoxy) is 3. The van der Waals surface area contributed by atoms with Gasteiger partial charge >= 0.3 is 0 Å². The van der Waals surface area contributed by atoms with Gasteiger partial charge in [0.15, 0.2) is 0 Å². The zero-order valence-electron chi connectivity index (χ0n) is 36.3. The first-order valence-corrected chi connectivity index (χ1v) is 21.8. The Bertz CT molecular complexity index is 2810. The zero-order valence-corrected chi connectivity index (χ0v) is 37.1. The molecule has 0 unspecified atom stereocenters. The third-order valence-electron chi connectivity index (χ3n) is 11.2. The lowest BCUT2D eigenvalue weighted by Gasteiger charge is -2.51. The predicted molar refractivity (Wildman–Crippen MR) is 240 cm³/mol. The summed E-state index contributed by atoms with van der Waals surface area (Å²) in [7, 11) is 1.47. The molecule has 0 atom stereocenters. The number of allylic oxidation sites excluding steroid dienone is 2. The Hall–Kier alpha value is -6.68. The number of methoxy groups -OCH3 is 1. The smallest absolute Gasteiger partial charge is 0.276 e. The molecule has 2 saturated heterocycles. The molecule has 8 rings (SSSR count). The highest BCUT2D eigenvalue weighted by Crippen LogP contribution is 2.34. The van der Waals surface area contributed by atoms with Crippen molar-refractivity contribution in [1.82, 2.24) is 44.1 Å². The molecule has 0 bridgehead atoms. The molecule has 2 aliphatic rings. The van der Waals surface area contributed by atoms with Crippen molar-refractivity contribution in [2.75, 3.05) is 63.7 Å². The number of benzene rings is 2. The van der Waals surface area contributed by atoms with Crippen LogP contribution < -0.4 is 36.9 Å². The van der Waals surface area contributed by atoms with E-state index < -0.39 is 23.6 Å². The second-order valence-electron chi connectivity index (χ2n) is 15.8. The van der Waals surface area contributed by atoms with Gasteiger partial charge in [-0.05, 0) is 64.4 Å². The van der Waals surface area contributed by atoms with Gasteiger partial charge in [0, 0.05) is 63.5 Å². The van der Waals surface area contributed by atoms with Gasteiger partial charge in [-0.2, -0.15) is 5.10 Å². The maximum absolute atomic E-state index is 13.7. The minimum Gasteiger partial charge on any atom is -0.494 e. The number of aryl methyl sites for hydroxylation is 4. The summed E-state index contributed by atoms with van der Waals surface area (Å²) in [5.41, 5.74) is 15.1. The van der Waals surface area contributed by atoms with E-state index in [2.05, 4.69) is 30.9 Å². The Morgan fingerprint density at radius 3 is 2.08 bits per heavy atom. The van der Waals surface area contributed by atoms with Crippen molar-refractivity contribution in [3.63, 3.8) is 0 Å². The number of anilines is 2. The van der Waals surface area contributed by atoms with E-state index in [9.17, 15) is 19.2 Å². The summed E-state index contributed by atoms with van der Waals surface area (Å²) in [6.45, 7) is 13.3. The van der Waals surface area contributed by atoms with Crippen molar-refractivity contribution >= 4 is 68.9 Å². The average molecular weight is 894 g/mol. The van der Waals surface area contributed by atoms with Crippen LogP contribution in [0.5, 0.6) is 11.5 Å². The highest BCUT2D eigenvalue weighted by Gasteiger charge is 2.44. The van der Waals surface area contributed by atoms with Gasteiger partial charge in [-0.25, -0.2) is 15.0 Å². The molecular formula is C43H51N13O7S. The average Bonchev–Trinajstić information content (AvgIpc) is 4.01. The van der Waals surface area contributed by atoms with Crippen LogP contribution >= 0.6 is 11.3 Å². The number of fused-ring (bicyclic) bond motifs is 2. The standard InChI is InChI=1S/C43H51N13O7S/c1-6-56-31(16-24(2)52-56)39(59)50-41-48-29-17-27(37(44)57)19-32(61-5)34(29)54(41)12-7-8-13-55-35-30(49-42(55)51-40(60)36-25(3)47-26(4)64-36)18-28(38(45)58)20-33(35)62-14-9-11-53-22-43(23-53)21-46-10-15-63-43/h7-8,16-20,46H,6,9-15,21-23H2,1-5H3,(H2,44,57)(H2,45,58)(H,48,50,59)(H,49,51,60)/b8-7+. The fourth-order valence-corrected chi connectivity index (χ4v) is 9.07. The molecule has 6 aromatic rings. The number of imidazole rings is 2. The number of nitrogens with one attached hydrogen (secondary N) is 3. The van der Waals surface area contributed by atoms with E-state index in [0.29, 0.717) is 81.7 Å². The van der Waals surface area contributed by atoms with Crippen LogP contribution in [0.15, 0.2) is 42.5 Å². The molecule has 2 fully saturated rings. The minimum atomic E-state index is -0.665. The largest absolute Gasteiger partial charge is 0.494 e. The molecule has 6 heterocycles. The van der Waals surface area contributed by atoms with Crippen molar-refractivity contribution in [1.29, 1.82) is 0 Å². The molecule has 0 radical (unpaired) electrons. The van der Waals surface area contributed by atoms with E-state index >= 15 is 0 Å². The van der Waals surface area contributed by atoms with E-state index in [-0.39, 0.29) is 41.7 Å². The van der Waals surface area contributed by atoms with Gasteiger partial charge in [-0.1, -0.05) is 12.2 Å². The molecule has 7 N–H and O–H groups in total. The Morgan fingerprint density at radius 1 is 0.891 bits per heavy atom. The van der Waals surface area contributed by atoms with Gasteiger partial charge in [0.2, 0.25) is 23.7 Å². The van der Waals surface area contributed by atoms with Gasteiger partial charge in [-0.15, -0.1) is 11.3 Å². The van der Waals surface area contributed by atoms with Gasteiger partial charge in [-0.3, -0.25) is 39.4 Å². The number of carbonyl (C=O) groups excluding carboxylic acids is 4. The first kappa shape index (κ1) is 43.9. The molecule has 2 aromatic carbocycles. The summed E-state index contributed by atoms with van der Waals surface area (Å²) >= 11 is 1.27. The number of nitrogens with zero attached hydrogens (tertiary/aromatic N) is 8. The second-order valence-corrected chi connectivity index (χ2v) is 17.0. The van der Waals surface area contributed by atoms with Crippen LogP contribution in [-0.4, -0.2) is 121 Å². The third kappa shape index (κ3) is 8.91. The number of aromatic nitrogens is 7. The summed E-state index contributed by atoms with van der Waals surface area (Å²) < 4.78 is 23.3. The predicted octanol–water partition coefficient (Wildman–Crippen LogP) is 3.39. The van der Waals surface area contributed by atoms with E-state index in [0.717, 1.165) is 37.7 Å². The van der Waals surface area contributed by atoms with Crippen molar-refractivity contribution < 1.29 is 33.4 Å². The molecule has 0 saturated carbocycles. The lowest BCUT2D eigenvalue weighted by molar-refractivity contribution is -0.156. The summed E-state index contributed by atoms with van der Waals surface area (Å²) in [5.74, 6) is -1.05. The minimum absolute atomic E-state index is 0.127. The van der Waals surface area contributed by atoms with Gasteiger partial charge in [0.05, 0.1) is 47.8 Å². The zero-order chi connectivity index (χ0) is 45.3. The number of thiazole rings is 1. The fourth-order valence-electron chi connectivity index (χ4n) is 8.26. The summed E-state index contributed by atoms with van der Waals surface area (Å²) in [5, 5.41) is 14.5.